The maximum absolute atomic E-state index is 14.4. The number of carbonyl (C=O) groups excluding carboxylic acids is 3. The van der Waals surface area contributed by atoms with Crippen LogP contribution in [0.2, 0.25) is 0 Å². The van der Waals surface area contributed by atoms with E-state index in [4.69, 9.17) is 24.5 Å². The lowest BCUT2D eigenvalue weighted by atomic mass is 9.85. The molecule has 2 N–H and O–H groups in total. The Labute approximate surface area is 387 Å². The van der Waals surface area contributed by atoms with Crippen LogP contribution in [0.5, 0.6) is 0 Å². The molecule has 5 atom stereocenters. The first kappa shape index (κ1) is 49.1. The third-order valence-corrected chi connectivity index (χ3v) is 14.2. The highest BCUT2D eigenvalue weighted by atomic mass is 16.5. The SMILES string of the molecule is C=CC1=C(C)C2=NC1=CC1=NC(=C(CC)/C1=C/O)C=C1N=C3C(=C1C)C(=O)C(C(=O)OC)C3=C1NC(=C2)[C@@H](C)[C@@H]1CCC(=O)OC/C=C(/C)CCCC(C)CCCC(C)CCCC(C)C. The Morgan fingerprint density at radius 2 is 1.60 bits per heavy atom. The lowest BCUT2D eigenvalue weighted by Gasteiger charge is -2.19. The van der Waals surface area contributed by atoms with Crippen molar-refractivity contribution < 1.29 is 29.0 Å². The molecule has 348 valence electrons. The van der Waals surface area contributed by atoms with Gasteiger partial charge < -0.3 is 19.9 Å². The first-order valence-electron chi connectivity index (χ1n) is 24.1. The van der Waals surface area contributed by atoms with E-state index in [1.807, 2.05) is 45.1 Å². The average molecular weight is 885 g/mol. The van der Waals surface area contributed by atoms with E-state index < -0.39 is 11.9 Å². The third kappa shape index (κ3) is 10.8. The number of aliphatic hydroxyl groups is 1. The highest BCUT2D eigenvalue weighted by molar-refractivity contribution is 6.42. The molecule has 0 spiro atoms. The number of fused-ring (bicyclic) bond motifs is 5. The number of Topliss-reactive ketones (excluding diaryl/α,β-unsaturated/α-hetero) is 1. The van der Waals surface area contributed by atoms with Crippen LogP contribution in [0, 0.1) is 35.5 Å². The quantitative estimate of drug-likeness (QED) is 0.0537. The maximum atomic E-state index is 14.4. The monoisotopic (exact) mass is 885 g/mol. The minimum atomic E-state index is -1.23. The first-order chi connectivity index (χ1) is 31.1. The van der Waals surface area contributed by atoms with E-state index in [0.717, 1.165) is 53.4 Å². The van der Waals surface area contributed by atoms with Gasteiger partial charge in [-0.15, -0.1) is 0 Å². The molecule has 3 unspecified atom stereocenters. The Morgan fingerprint density at radius 1 is 0.908 bits per heavy atom. The summed E-state index contributed by atoms with van der Waals surface area (Å²) in [6, 6.07) is 0. The number of nitrogens with zero attached hydrogens (tertiary/aromatic N) is 3. The fourth-order valence-corrected chi connectivity index (χ4v) is 10.1. The molecule has 6 aliphatic rings. The summed E-state index contributed by atoms with van der Waals surface area (Å²) in [4.78, 5) is 56.5. The molecule has 6 rings (SSSR count). The van der Waals surface area contributed by atoms with Crippen molar-refractivity contribution in [1.82, 2.24) is 5.32 Å². The van der Waals surface area contributed by atoms with E-state index in [9.17, 15) is 19.5 Å². The molecule has 0 aromatic heterocycles. The van der Waals surface area contributed by atoms with Crippen molar-refractivity contribution in [3.8, 4) is 0 Å². The van der Waals surface area contributed by atoms with Crippen LogP contribution in [0.1, 0.15) is 139 Å². The highest BCUT2D eigenvalue weighted by Gasteiger charge is 2.52. The Balaban J connectivity index is 1.21. The largest absolute Gasteiger partial charge is 0.515 e. The number of hydrogen-bond donors (Lipinski definition) is 2. The molecular weight excluding hydrogens is 813 g/mol. The minimum absolute atomic E-state index is 0.139. The van der Waals surface area contributed by atoms with Gasteiger partial charge in [0.15, 0.2) is 5.78 Å². The van der Waals surface area contributed by atoms with Crippen LogP contribution in [0.15, 0.2) is 131 Å². The smallest absolute Gasteiger partial charge is 0.321 e. The van der Waals surface area contributed by atoms with Gasteiger partial charge in [-0.3, -0.25) is 14.4 Å². The number of hydrogen-bond acceptors (Lipinski definition) is 10. The van der Waals surface area contributed by atoms with Gasteiger partial charge in [-0.05, 0) is 105 Å². The molecule has 10 heteroatoms. The Hall–Kier alpha value is -5.38. The van der Waals surface area contributed by atoms with Gasteiger partial charge in [-0.1, -0.05) is 105 Å². The number of aliphatic hydroxyl groups excluding tert-OH is 1. The van der Waals surface area contributed by atoms with Crippen molar-refractivity contribution in [2.24, 2.45) is 50.5 Å². The van der Waals surface area contributed by atoms with Gasteiger partial charge in [0.1, 0.15) is 12.5 Å². The summed E-state index contributed by atoms with van der Waals surface area (Å²) in [6.07, 6.45) is 22.9. The van der Waals surface area contributed by atoms with Gasteiger partial charge >= 0.3 is 11.9 Å². The van der Waals surface area contributed by atoms with Crippen LogP contribution < -0.4 is 5.32 Å². The zero-order valence-corrected chi connectivity index (χ0v) is 40.7. The van der Waals surface area contributed by atoms with Gasteiger partial charge in [0.05, 0.1) is 47.6 Å². The van der Waals surface area contributed by atoms with Crippen LogP contribution in [0.25, 0.3) is 0 Å². The number of nitrogens with one attached hydrogen (secondary N) is 1. The molecule has 8 bridgehead atoms. The lowest BCUT2D eigenvalue weighted by molar-refractivity contribution is -0.146. The van der Waals surface area contributed by atoms with Gasteiger partial charge in [-0.25, -0.2) is 15.0 Å². The van der Waals surface area contributed by atoms with E-state index >= 15 is 0 Å². The number of esters is 2. The van der Waals surface area contributed by atoms with Crippen molar-refractivity contribution in [2.75, 3.05) is 13.7 Å². The molecule has 0 aromatic rings. The number of ether oxygens (including phenoxy) is 2. The summed E-state index contributed by atoms with van der Waals surface area (Å²) >= 11 is 0. The van der Waals surface area contributed by atoms with Crippen molar-refractivity contribution in [2.45, 2.75) is 139 Å². The van der Waals surface area contributed by atoms with Crippen molar-refractivity contribution in [3.63, 3.8) is 0 Å². The second-order valence-corrected chi connectivity index (χ2v) is 19.4. The van der Waals surface area contributed by atoms with Gasteiger partial charge in [0.25, 0.3) is 0 Å². The van der Waals surface area contributed by atoms with Crippen LogP contribution >= 0.6 is 0 Å². The van der Waals surface area contributed by atoms with Gasteiger partial charge in [0.2, 0.25) is 0 Å². The van der Waals surface area contributed by atoms with E-state index in [1.54, 1.807) is 6.08 Å². The molecule has 0 amide bonds. The second kappa shape index (κ2) is 21.7. The number of methoxy groups -OCH3 is 1. The predicted octanol–water partition coefficient (Wildman–Crippen LogP) is 12.1. The third-order valence-electron chi connectivity index (χ3n) is 14.2. The van der Waals surface area contributed by atoms with Gasteiger partial charge in [-0.2, -0.15) is 0 Å². The van der Waals surface area contributed by atoms with Crippen LogP contribution in [0.4, 0.5) is 0 Å². The first-order valence-corrected chi connectivity index (χ1v) is 24.1. The van der Waals surface area contributed by atoms with Crippen LogP contribution in [-0.2, 0) is 23.9 Å². The van der Waals surface area contributed by atoms with Crippen LogP contribution in [-0.4, -0.2) is 53.7 Å². The van der Waals surface area contributed by atoms with E-state index in [2.05, 4.69) is 53.4 Å². The number of ketones is 1. The van der Waals surface area contributed by atoms with E-state index in [0.29, 0.717) is 81.0 Å². The molecule has 10 nitrogen and oxygen atoms in total. The molecule has 65 heavy (non-hydrogen) atoms. The van der Waals surface area contributed by atoms with E-state index in [-0.39, 0.29) is 36.6 Å². The normalized spacial score (nSPS) is 23.2. The fourth-order valence-electron chi connectivity index (χ4n) is 10.1. The summed E-state index contributed by atoms with van der Waals surface area (Å²) in [5.41, 5.74) is 10.9. The van der Waals surface area contributed by atoms with Crippen molar-refractivity contribution >= 4 is 34.9 Å². The predicted molar refractivity (Wildman–Crippen MR) is 262 cm³/mol. The fraction of sp³-hybridized carbons (Fsp3) is 0.527. The lowest BCUT2D eigenvalue weighted by Crippen LogP contribution is -2.26. The Morgan fingerprint density at radius 3 is 2.25 bits per heavy atom. The molecule has 0 aromatic carbocycles. The molecule has 5 heterocycles. The highest BCUT2D eigenvalue weighted by Crippen LogP contribution is 2.47. The van der Waals surface area contributed by atoms with E-state index in [1.165, 1.54) is 57.6 Å². The summed E-state index contributed by atoms with van der Waals surface area (Å²) < 4.78 is 11.0. The van der Waals surface area contributed by atoms with Crippen molar-refractivity contribution in [1.29, 1.82) is 0 Å². The van der Waals surface area contributed by atoms with Crippen LogP contribution in [0.3, 0.4) is 0 Å². The number of allylic oxidation sites excluding steroid dienone is 12. The molecule has 2 fully saturated rings. The van der Waals surface area contributed by atoms with Crippen molar-refractivity contribution in [3.05, 3.63) is 116 Å². The summed E-state index contributed by atoms with van der Waals surface area (Å²) in [5.74, 6) is -0.732. The summed E-state index contributed by atoms with van der Waals surface area (Å²) in [6.45, 7) is 23.7. The topological polar surface area (TPSA) is 139 Å². The zero-order valence-electron chi connectivity index (χ0n) is 40.7. The van der Waals surface area contributed by atoms with Gasteiger partial charge in [0, 0.05) is 51.9 Å². The Bertz CT molecular complexity index is 2350. The maximum Gasteiger partial charge on any atom is 0.321 e. The summed E-state index contributed by atoms with van der Waals surface area (Å²) in [5, 5.41) is 14.1. The zero-order chi connectivity index (χ0) is 47.1. The Kier molecular flexibility index (Phi) is 16.4. The summed E-state index contributed by atoms with van der Waals surface area (Å²) in [7, 11) is 1.29. The number of rotatable bonds is 20. The molecule has 1 aliphatic carbocycles. The molecule has 1 saturated heterocycles. The number of aliphatic imine (C=N–C) groups is 3. The molecule has 0 radical (unpaired) electrons. The molecule has 5 aliphatic heterocycles. The second-order valence-electron chi connectivity index (χ2n) is 19.4. The average Bonchev–Trinajstić information content (AvgIpc) is 4.02. The minimum Gasteiger partial charge on any atom is -0.515 e. The standard InChI is InChI=1S/C55H72N4O6/c1-12-38-35(8)42-27-43-36(9)40(23-24-48(61)65-26-25-34(7)22-16-21-33(6)20-15-19-32(5)18-14-17-31(3)4)52(58-43)50-51(55(63)64-11)54(62)49-37(10)44(59-53(49)50)28-46-39(13-2)41(30-60)47(57-46)29-45(38)56-42/h12,25,27-33,36,40,51,58,60H,1,13-24,26H2,2-11H3/b34-25-,41-30-,43-27?,44-28?,45-29?,52-50?/t32?,33?,36-,40-,51?/m0/s1. The molecular formula is C55H72N4O6. The molecule has 1 saturated carbocycles. The number of carbonyl (C=O) groups is 3.